The number of benzene rings is 2. The van der Waals surface area contributed by atoms with Crippen LogP contribution in [0, 0.1) is 0 Å². The van der Waals surface area contributed by atoms with Gasteiger partial charge in [0.1, 0.15) is 0 Å². The summed E-state index contributed by atoms with van der Waals surface area (Å²) in [5.74, 6) is 0. The monoisotopic (exact) mass is 262 g/mol. The van der Waals surface area contributed by atoms with Crippen molar-refractivity contribution in [1.82, 2.24) is 0 Å². The van der Waals surface area contributed by atoms with Crippen LogP contribution in [0.25, 0.3) is 16.8 Å². The van der Waals surface area contributed by atoms with Gasteiger partial charge in [0.05, 0.1) is 15.0 Å². The average Bonchev–Trinajstić information content (AvgIpc) is 2.35. The lowest BCUT2D eigenvalue weighted by Gasteiger charge is -2.04. The van der Waals surface area contributed by atoms with E-state index in [1.54, 1.807) is 18.0 Å². The van der Waals surface area contributed by atoms with E-state index in [4.69, 9.17) is 0 Å². The molecule has 2 aromatic rings. The van der Waals surface area contributed by atoms with Gasteiger partial charge in [0.15, 0.2) is 0 Å². The third-order valence-electron chi connectivity index (χ3n) is 2.58. The highest BCUT2D eigenvalue weighted by Crippen LogP contribution is 2.24. The molecule has 0 saturated carbocycles. The van der Waals surface area contributed by atoms with Crippen molar-refractivity contribution >= 4 is 39.4 Å². The summed E-state index contributed by atoms with van der Waals surface area (Å²) in [7, 11) is -0.923. The largest absolute Gasteiger partial charge is 0.254 e. The van der Waals surface area contributed by atoms with Gasteiger partial charge in [-0.05, 0) is 28.7 Å². The molecule has 0 N–H and O–H groups in total. The van der Waals surface area contributed by atoms with Crippen molar-refractivity contribution in [3.05, 3.63) is 52.3 Å². The first-order valence-electron chi connectivity index (χ1n) is 5.29. The van der Waals surface area contributed by atoms with E-state index in [1.165, 1.54) is 10.8 Å². The molecular formula is C14H14OS2. The van der Waals surface area contributed by atoms with Crippen LogP contribution in [0.2, 0.25) is 0 Å². The summed E-state index contributed by atoms with van der Waals surface area (Å²) in [5.41, 5.74) is 1.13. The van der Waals surface area contributed by atoms with Crippen molar-refractivity contribution in [3.8, 4) is 0 Å². The van der Waals surface area contributed by atoms with Gasteiger partial charge in [-0.1, -0.05) is 42.5 Å². The van der Waals surface area contributed by atoms with Crippen LogP contribution < -0.4 is 0 Å². The molecule has 0 aromatic heterocycles. The molecule has 0 radical (unpaired) electrons. The molecule has 1 unspecified atom stereocenters. The molecule has 0 aliphatic heterocycles. The van der Waals surface area contributed by atoms with E-state index in [1.807, 2.05) is 30.5 Å². The maximum Gasteiger partial charge on any atom is 0.0716 e. The van der Waals surface area contributed by atoms with Crippen LogP contribution in [-0.4, -0.2) is 16.7 Å². The molecule has 1 nitrogen and oxygen atoms in total. The van der Waals surface area contributed by atoms with Crippen molar-refractivity contribution in [2.75, 3.05) is 12.5 Å². The highest BCUT2D eigenvalue weighted by molar-refractivity contribution is 8.16. The van der Waals surface area contributed by atoms with E-state index >= 15 is 0 Å². The van der Waals surface area contributed by atoms with Gasteiger partial charge in [0.2, 0.25) is 0 Å². The highest BCUT2D eigenvalue weighted by Gasteiger charge is 2.03. The summed E-state index contributed by atoms with van der Waals surface area (Å²) in [6.07, 6.45) is 5.69. The van der Waals surface area contributed by atoms with Gasteiger partial charge in [-0.15, -0.1) is 11.8 Å². The second-order valence-electron chi connectivity index (χ2n) is 3.69. The summed E-state index contributed by atoms with van der Waals surface area (Å²) in [6, 6.07) is 14.4. The van der Waals surface area contributed by atoms with E-state index < -0.39 is 10.8 Å². The van der Waals surface area contributed by atoms with Crippen LogP contribution in [0.1, 0.15) is 5.56 Å². The second-order valence-corrected chi connectivity index (χ2v) is 6.14. The van der Waals surface area contributed by atoms with Crippen LogP contribution in [0.5, 0.6) is 0 Å². The fourth-order valence-electron chi connectivity index (χ4n) is 1.76. The standard InChI is InChI=1S/C14H14OS2/c1-16-14(17(2)15)10-12-8-5-7-11-6-3-4-9-13(11)12/h3-10H,1-2H3/b14-10-. The van der Waals surface area contributed by atoms with E-state index in [0.717, 1.165) is 9.80 Å². The van der Waals surface area contributed by atoms with E-state index in [0.29, 0.717) is 0 Å². The first-order chi connectivity index (χ1) is 8.22. The molecule has 0 spiro atoms. The Morgan fingerprint density at radius 1 is 1.18 bits per heavy atom. The summed E-state index contributed by atoms with van der Waals surface area (Å²) < 4.78 is 12.4. The zero-order valence-electron chi connectivity index (χ0n) is 9.84. The van der Waals surface area contributed by atoms with Crippen LogP contribution in [0.3, 0.4) is 0 Å². The normalized spacial score (nSPS) is 13.9. The molecule has 1 atom stereocenters. The molecular weight excluding hydrogens is 248 g/mol. The lowest BCUT2D eigenvalue weighted by Crippen LogP contribution is -1.87. The Hall–Kier alpha value is -1.06. The molecule has 0 fully saturated rings. The molecule has 88 valence electrons. The van der Waals surface area contributed by atoms with Gasteiger partial charge in [-0.25, -0.2) is 0 Å². The Balaban J connectivity index is 2.59. The Bertz CT molecular complexity index is 582. The molecule has 17 heavy (non-hydrogen) atoms. The molecule has 0 aliphatic carbocycles. The zero-order chi connectivity index (χ0) is 12.3. The fraction of sp³-hybridized carbons (Fsp3) is 0.143. The van der Waals surface area contributed by atoms with Crippen molar-refractivity contribution < 1.29 is 4.21 Å². The van der Waals surface area contributed by atoms with Gasteiger partial charge < -0.3 is 0 Å². The molecule has 0 heterocycles. The number of thioether (sulfide) groups is 1. The van der Waals surface area contributed by atoms with Crippen LogP contribution in [-0.2, 0) is 10.8 Å². The zero-order valence-corrected chi connectivity index (χ0v) is 11.5. The molecule has 0 saturated heterocycles. The molecule has 3 heteroatoms. The third kappa shape index (κ3) is 2.79. The summed E-state index contributed by atoms with van der Waals surface area (Å²) in [4.78, 5) is 0. The smallest absolute Gasteiger partial charge is 0.0716 e. The predicted molar refractivity (Wildman–Crippen MR) is 79.5 cm³/mol. The lowest BCUT2D eigenvalue weighted by molar-refractivity contribution is 0.691. The van der Waals surface area contributed by atoms with Crippen molar-refractivity contribution in [2.45, 2.75) is 0 Å². The lowest BCUT2D eigenvalue weighted by atomic mass is 10.1. The topological polar surface area (TPSA) is 17.1 Å². The van der Waals surface area contributed by atoms with E-state index in [2.05, 4.69) is 24.3 Å². The van der Waals surface area contributed by atoms with Gasteiger partial charge in [0, 0.05) is 6.26 Å². The summed E-state index contributed by atoms with van der Waals surface area (Å²) in [6.45, 7) is 0. The fourth-order valence-corrected chi connectivity index (χ4v) is 3.24. The number of fused-ring (bicyclic) bond motifs is 1. The predicted octanol–water partition coefficient (Wildman–Crippen LogP) is 3.88. The second kappa shape index (κ2) is 5.52. The van der Waals surface area contributed by atoms with Crippen molar-refractivity contribution in [2.24, 2.45) is 0 Å². The third-order valence-corrected chi connectivity index (χ3v) is 4.99. The summed E-state index contributed by atoms with van der Waals surface area (Å²) in [5, 5.41) is 2.41. The SMILES string of the molecule is CS/C(=C/c1cccc2ccccc12)S(C)=O. The minimum absolute atomic E-state index is 0.904. The minimum Gasteiger partial charge on any atom is -0.254 e. The maximum atomic E-state index is 11.5. The van der Waals surface area contributed by atoms with Crippen LogP contribution in [0.4, 0.5) is 0 Å². The Kier molecular flexibility index (Phi) is 4.02. The quantitative estimate of drug-likeness (QED) is 0.835. The molecule has 2 rings (SSSR count). The molecule has 2 aromatic carbocycles. The first-order valence-corrected chi connectivity index (χ1v) is 8.07. The minimum atomic E-state index is -0.923. The Morgan fingerprint density at radius 3 is 2.59 bits per heavy atom. The Morgan fingerprint density at radius 2 is 1.88 bits per heavy atom. The van der Waals surface area contributed by atoms with Gasteiger partial charge in [-0.3, -0.25) is 4.21 Å². The van der Waals surface area contributed by atoms with Crippen LogP contribution >= 0.6 is 11.8 Å². The van der Waals surface area contributed by atoms with Gasteiger partial charge in [-0.2, -0.15) is 0 Å². The van der Waals surface area contributed by atoms with Crippen molar-refractivity contribution in [1.29, 1.82) is 0 Å². The molecule has 0 bridgehead atoms. The Labute approximate surface area is 108 Å². The van der Waals surface area contributed by atoms with Crippen molar-refractivity contribution in [3.63, 3.8) is 0 Å². The van der Waals surface area contributed by atoms with Gasteiger partial charge in [0.25, 0.3) is 0 Å². The molecule has 0 aliphatic rings. The van der Waals surface area contributed by atoms with E-state index in [-0.39, 0.29) is 0 Å². The first kappa shape index (κ1) is 12.4. The maximum absolute atomic E-state index is 11.5. The van der Waals surface area contributed by atoms with Crippen LogP contribution in [0.15, 0.2) is 46.7 Å². The molecule has 0 amide bonds. The van der Waals surface area contributed by atoms with E-state index in [9.17, 15) is 4.21 Å². The van der Waals surface area contributed by atoms with Gasteiger partial charge >= 0.3 is 0 Å². The highest BCUT2D eigenvalue weighted by atomic mass is 32.2. The number of hydrogen-bond acceptors (Lipinski definition) is 2. The number of rotatable bonds is 3. The summed E-state index contributed by atoms with van der Waals surface area (Å²) >= 11 is 1.54. The number of hydrogen-bond donors (Lipinski definition) is 0. The average molecular weight is 262 g/mol.